The number of rotatable bonds is 4. The molecule has 0 aromatic heterocycles. The van der Waals surface area contributed by atoms with E-state index >= 15 is 0 Å². The number of hydrogen-bond donors (Lipinski definition) is 2. The Morgan fingerprint density at radius 3 is 2.75 bits per heavy atom. The molecule has 0 radical (unpaired) electrons. The summed E-state index contributed by atoms with van der Waals surface area (Å²) in [4.78, 5) is 23.3. The fraction of sp³-hybridized carbons (Fsp3) is 0.308. The fourth-order valence-corrected chi connectivity index (χ4v) is 1.65. The highest BCUT2D eigenvalue weighted by atomic mass is 35.5. The minimum absolute atomic E-state index is 0.194. The molecule has 1 aromatic rings. The monoisotopic (exact) mass is 295 g/mol. The number of benzene rings is 1. The molecule has 2 amide bonds. The summed E-state index contributed by atoms with van der Waals surface area (Å²) in [6, 6.07) is 6.00. The Labute approximate surface area is 121 Å². The molecule has 7 heteroatoms. The van der Waals surface area contributed by atoms with Crippen LogP contribution in [0, 0.1) is 11.3 Å². The second-order valence-corrected chi connectivity index (χ2v) is 4.52. The quantitative estimate of drug-likeness (QED) is 0.819. The van der Waals surface area contributed by atoms with E-state index in [1.54, 1.807) is 6.92 Å². The number of nitrogens with zero attached hydrogens (tertiary/aromatic N) is 1. The molecule has 0 spiro atoms. The van der Waals surface area contributed by atoms with Crippen molar-refractivity contribution in [1.29, 1.82) is 5.26 Å². The molecule has 20 heavy (non-hydrogen) atoms. The summed E-state index contributed by atoms with van der Waals surface area (Å²) >= 11 is 5.78. The molecule has 2 N–H and O–H groups in total. The number of carbonyl (C=O) groups excluding carboxylic acids is 2. The molecule has 0 unspecified atom stereocenters. The molecule has 0 aliphatic rings. The summed E-state index contributed by atoms with van der Waals surface area (Å²) in [6.07, 6.45) is 0. The van der Waals surface area contributed by atoms with Crippen LogP contribution in [0.2, 0.25) is 5.02 Å². The number of nitriles is 1. The zero-order valence-corrected chi connectivity index (χ0v) is 11.8. The maximum atomic E-state index is 11.7. The second-order valence-electron chi connectivity index (χ2n) is 4.09. The summed E-state index contributed by atoms with van der Waals surface area (Å²) < 4.78 is 4.85. The minimum Gasteiger partial charge on any atom is -0.383 e. The lowest BCUT2D eigenvalue weighted by Crippen LogP contribution is -2.42. The van der Waals surface area contributed by atoms with Crippen LogP contribution in [0.25, 0.3) is 0 Å². The van der Waals surface area contributed by atoms with Crippen LogP contribution in [0.3, 0.4) is 0 Å². The third kappa shape index (κ3) is 4.53. The summed E-state index contributed by atoms with van der Waals surface area (Å²) in [5.74, 6) is -1.68. The van der Waals surface area contributed by atoms with Gasteiger partial charge in [0.2, 0.25) is 0 Å². The van der Waals surface area contributed by atoms with Crippen LogP contribution in [0.1, 0.15) is 12.5 Å². The van der Waals surface area contributed by atoms with E-state index in [-0.39, 0.29) is 17.3 Å². The molecular formula is C13H14ClN3O3. The van der Waals surface area contributed by atoms with Crippen LogP contribution >= 0.6 is 11.6 Å². The summed E-state index contributed by atoms with van der Waals surface area (Å²) in [7, 11) is 1.49. The number of methoxy groups -OCH3 is 1. The molecule has 0 bridgehead atoms. The van der Waals surface area contributed by atoms with Gasteiger partial charge in [-0.1, -0.05) is 11.6 Å². The minimum atomic E-state index is -0.869. The first-order valence-corrected chi connectivity index (χ1v) is 6.16. The van der Waals surface area contributed by atoms with Crippen molar-refractivity contribution < 1.29 is 14.3 Å². The Kier molecular flexibility index (Phi) is 5.97. The molecule has 6 nitrogen and oxygen atoms in total. The first-order valence-electron chi connectivity index (χ1n) is 5.78. The van der Waals surface area contributed by atoms with Gasteiger partial charge in [0.1, 0.15) is 6.07 Å². The van der Waals surface area contributed by atoms with Crippen molar-refractivity contribution in [3.8, 4) is 6.07 Å². The third-order valence-electron chi connectivity index (χ3n) is 2.35. The number of ether oxygens (including phenoxy) is 1. The van der Waals surface area contributed by atoms with Crippen molar-refractivity contribution in [3.63, 3.8) is 0 Å². The van der Waals surface area contributed by atoms with Crippen molar-refractivity contribution in [2.75, 3.05) is 19.0 Å². The number of nitrogens with one attached hydrogen (secondary N) is 2. The lowest BCUT2D eigenvalue weighted by molar-refractivity contribution is -0.136. The number of carbonyl (C=O) groups is 2. The van der Waals surface area contributed by atoms with Gasteiger partial charge >= 0.3 is 11.8 Å². The fourth-order valence-electron chi connectivity index (χ4n) is 1.48. The van der Waals surface area contributed by atoms with Gasteiger partial charge in [-0.3, -0.25) is 9.59 Å². The van der Waals surface area contributed by atoms with Crippen LogP contribution in [-0.2, 0) is 14.3 Å². The Bertz CT molecular complexity index is 554. The van der Waals surface area contributed by atoms with Gasteiger partial charge in [-0.25, -0.2) is 0 Å². The largest absolute Gasteiger partial charge is 0.383 e. The van der Waals surface area contributed by atoms with E-state index in [1.807, 2.05) is 6.07 Å². The highest BCUT2D eigenvalue weighted by Crippen LogP contribution is 2.20. The van der Waals surface area contributed by atoms with E-state index < -0.39 is 11.8 Å². The van der Waals surface area contributed by atoms with Crippen LogP contribution < -0.4 is 10.6 Å². The van der Waals surface area contributed by atoms with E-state index in [0.29, 0.717) is 11.6 Å². The number of anilines is 1. The predicted molar refractivity (Wildman–Crippen MR) is 74.3 cm³/mol. The smallest absolute Gasteiger partial charge is 0.313 e. The topological polar surface area (TPSA) is 91.2 Å². The average Bonchev–Trinajstić information content (AvgIpc) is 2.39. The second kappa shape index (κ2) is 7.48. The molecule has 0 saturated heterocycles. The highest BCUT2D eigenvalue weighted by molar-refractivity contribution is 6.40. The Balaban J connectivity index is 2.73. The van der Waals surface area contributed by atoms with Gasteiger partial charge in [0.25, 0.3) is 0 Å². The number of amides is 2. The summed E-state index contributed by atoms with van der Waals surface area (Å²) in [5.41, 5.74) is 0.417. The van der Waals surface area contributed by atoms with E-state index in [2.05, 4.69) is 10.6 Å². The van der Waals surface area contributed by atoms with E-state index in [0.717, 1.165) is 0 Å². The predicted octanol–water partition coefficient (Wildman–Crippen LogP) is 1.30. The first kappa shape index (κ1) is 16.0. The third-order valence-corrected chi connectivity index (χ3v) is 2.59. The molecule has 106 valence electrons. The lowest BCUT2D eigenvalue weighted by Gasteiger charge is -2.13. The lowest BCUT2D eigenvalue weighted by atomic mass is 10.2. The normalized spacial score (nSPS) is 11.3. The van der Waals surface area contributed by atoms with Crippen molar-refractivity contribution in [1.82, 2.24) is 5.32 Å². The molecule has 1 atom stereocenters. The van der Waals surface area contributed by atoms with Crippen molar-refractivity contribution in [3.05, 3.63) is 28.8 Å². The molecule has 1 aromatic carbocycles. The molecule has 0 aliphatic carbocycles. The van der Waals surface area contributed by atoms with E-state index in [1.165, 1.54) is 25.3 Å². The molecule has 0 heterocycles. The summed E-state index contributed by atoms with van der Waals surface area (Å²) in [5, 5.41) is 14.1. The van der Waals surface area contributed by atoms with E-state index in [4.69, 9.17) is 21.6 Å². The molecule has 0 saturated carbocycles. The highest BCUT2D eigenvalue weighted by Gasteiger charge is 2.17. The number of hydrogen-bond acceptors (Lipinski definition) is 4. The molecule has 1 rings (SSSR count). The molecule has 0 aliphatic heterocycles. The van der Waals surface area contributed by atoms with Gasteiger partial charge in [0.15, 0.2) is 0 Å². The van der Waals surface area contributed by atoms with Crippen molar-refractivity contribution >= 4 is 29.1 Å². The van der Waals surface area contributed by atoms with Crippen LogP contribution in [0.5, 0.6) is 0 Å². The van der Waals surface area contributed by atoms with Crippen molar-refractivity contribution in [2.45, 2.75) is 13.0 Å². The summed E-state index contributed by atoms with van der Waals surface area (Å²) in [6.45, 7) is 1.99. The van der Waals surface area contributed by atoms with Crippen LogP contribution in [-0.4, -0.2) is 31.6 Å². The van der Waals surface area contributed by atoms with Gasteiger partial charge in [0.05, 0.1) is 17.9 Å². The Hall–Kier alpha value is -2.10. The molecular weight excluding hydrogens is 282 g/mol. The number of halogens is 1. The average molecular weight is 296 g/mol. The van der Waals surface area contributed by atoms with Gasteiger partial charge in [-0.15, -0.1) is 0 Å². The first-order chi connectivity index (χ1) is 9.47. The zero-order valence-electron chi connectivity index (χ0n) is 11.1. The SMILES string of the molecule is COC[C@@H](C)NC(=O)C(=O)Nc1cc(Cl)ccc1C#N. The standard InChI is InChI=1S/C13H14ClN3O3/c1-8(7-20-2)16-12(18)13(19)17-11-5-10(14)4-3-9(11)6-15/h3-5,8H,7H2,1-2H3,(H,16,18)(H,17,19)/t8-/m1/s1. The Morgan fingerprint density at radius 2 is 2.15 bits per heavy atom. The zero-order chi connectivity index (χ0) is 15.1. The van der Waals surface area contributed by atoms with Crippen LogP contribution in [0.4, 0.5) is 5.69 Å². The Morgan fingerprint density at radius 1 is 1.45 bits per heavy atom. The van der Waals surface area contributed by atoms with Crippen LogP contribution in [0.15, 0.2) is 18.2 Å². The van der Waals surface area contributed by atoms with Gasteiger partial charge in [-0.05, 0) is 25.1 Å². The van der Waals surface area contributed by atoms with Gasteiger partial charge in [0, 0.05) is 18.2 Å². The molecule has 0 fully saturated rings. The van der Waals surface area contributed by atoms with Crippen molar-refractivity contribution in [2.24, 2.45) is 0 Å². The maximum Gasteiger partial charge on any atom is 0.313 e. The van der Waals surface area contributed by atoms with Gasteiger partial charge < -0.3 is 15.4 Å². The maximum absolute atomic E-state index is 11.7. The van der Waals surface area contributed by atoms with E-state index in [9.17, 15) is 9.59 Å². The van der Waals surface area contributed by atoms with Gasteiger partial charge in [-0.2, -0.15) is 5.26 Å².